The zero-order chi connectivity index (χ0) is 15.3. The Bertz CT molecular complexity index is 521. The van der Waals surface area contributed by atoms with Crippen LogP contribution in [0.4, 0.5) is 13.2 Å². The molecule has 0 unspecified atom stereocenters. The molecule has 6 heteroatoms. The fraction of sp³-hybridized carbons (Fsp3) is 0.400. The molecular weight excluding hydrogens is 283 g/mol. The monoisotopic (exact) mass is 299 g/mol. The number of hydrogen-bond donors (Lipinski definition) is 1. The van der Waals surface area contributed by atoms with Crippen LogP contribution in [0.25, 0.3) is 0 Å². The fourth-order valence-corrected chi connectivity index (χ4v) is 2.04. The summed E-state index contributed by atoms with van der Waals surface area (Å²) in [6, 6.07) is 6.19. The number of rotatable bonds is 5. The second kappa shape index (κ2) is 6.65. The van der Waals surface area contributed by atoms with E-state index < -0.39 is 12.8 Å². The molecule has 0 heterocycles. The SMILES string of the molecule is O=C(NCc1ccc(OCC(F)(F)F)cc1)C1=CCCC1. The number of ether oxygens (including phenoxy) is 1. The molecule has 1 amide bonds. The van der Waals surface area contributed by atoms with Crippen molar-refractivity contribution >= 4 is 5.91 Å². The van der Waals surface area contributed by atoms with Crippen LogP contribution in [-0.4, -0.2) is 18.7 Å². The molecule has 0 atom stereocenters. The van der Waals surface area contributed by atoms with Crippen LogP contribution in [0, 0.1) is 0 Å². The zero-order valence-corrected chi connectivity index (χ0v) is 11.4. The summed E-state index contributed by atoms with van der Waals surface area (Å²) in [5.74, 6) is 0.0748. The first-order valence-electron chi connectivity index (χ1n) is 6.70. The molecule has 1 N–H and O–H groups in total. The molecule has 1 aromatic carbocycles. The van der Waals surface area contributed by atoms with Gasteiger partial charge in [-0.3, -0.25) is 4.79 Å². The van der Waals surface area contributed by atoms with Gasteiger partial charge in [0.1, 0.15) is 5.75 Å². The Morgan fingerprint density at radius 2 is 1.95 bits per heavy atom. The second-order valence-corrected chi connectivity index (χ2v) is 4.85. The maximum atomic E-state index is 12.0. The average molecular weight is 299 g/mol. The van der Waals surface area contributed by atoms with Crippen molar-refractivity contribution in [2.75, 3.05) is 6.61 Å². The highest BCUT2D eigenvalue weighted by Gasteiger charge is 2.28. The van der Waals surface area contributed by atoms with Crippen molar-refractivity contribution in [3.63, 3.8) is 0 Å². The number of halogens is 3. The predicted octanol–water partition coefficient (Wildman–Crippen LogP) is 3.35. The lowest BCUT2D eigenvalue weighted by Crippen LogP contribution is -2.23. The van der Waals surface area contributed by atoms with E-state index >= 15 is 0 Å². The van der Waals surface area contributed by atoms with Gasteiger partial charge >= 0.3 is 6.18 Å². The van der Waals surface area contributed by atoms with Crippen LogP contribution in [0.15, 0.2) is 35.9 Å². The normalized spacial score (nSPS) is 14.7. The van der Waals surface area contributed by atoms with Crippen molar-refractivity contribution in [2.45, 2.75) is 32.0 Å². The Balaban J connectivity index is 1.80. The number of allylic oxidation sites excluding steroid dienone is 1. The Kier molecular flexibility index (Phi) is 4.88. The summed E-state index contributed by atoms with van der Waals surface area (Å²) in [5.41, 5.74) is 1.61. The maximum absolute atomic E-state index is 12.0. The van der Waals surface area contributed by atoms with E-state index in [1.54, 1.807) is 12.1 Å². The molecule has 0 aromatic heterocycles. The molecule has 0 aliphatic heterocycles. The molecule has 1 aromatic rings. The summed E-state index contributed by atoms with van der Waals surface area (Å²) >= 11 is 0. The molecule has 3 nitrogen and oxygen atoms in total. The molecule has 0 saturated carbocycles. The number of nitrogens with one attached hydrogen (secondary N) is 1. The van der Waals surface area contributed by atoms with E-state index in [2.05, 4.69) is 10.1 Å². The standard InChI is InChI=1S/C15H16F3NO2/c16-15(17,18)10-21-13-7-5-11(6-8-13)9-19-14(20)12-3-1-2-4-12/h3,5-8H,1-2,4,9-10H2,(H,19,20). The first-order chi connectivity index (χ1) is 9.94. The van der Waals surface area contributed by atoms with Gasteiger partial charge in [0.25, 0.3) is 0 Å². The van der Waals surface area contributed by atoms with Crippen LogP contribution in [0.1, 0.15) is 24.8 Å². The first-order valence-corrected chi connectivity index (χ1v) is 6.70. The average Bonchev–Trinajstić information content (AvgIpc) is 2.97. The molecule has 0 radical (unpaired) electrons. The number of carbonyl (C=O) groups excluding carboxylic acids is 1. The van der Waals surface area contributed by atoms with Gasteiger partial charge in [-0.25, -0.2) is 0 Å². The third-order valence-electron chi connectivity index (χ3n) is 3.11. The van der Waals surface area contributed by atoms with E-state index in [1.165, 1.54) is 12.1 Å². The summed E-state index contributed by atoms with van der Waals surface area (Å²) in [4.78, 5) is 11.8. The van der Waals surface area contributed by atoms with Crippen LogP contribution < -0.4 is 10.1 Å². The largest absolute Gasteiger partial charge is 0.484 e. The van der Waals surface area contributed by atoms with Gasteiger partial charge in [0.2, 0.25) is 5.91 Å². The minimum atomic E-state index is -4.35. The van der Waals surface area contributed by atoms with Gasteiger partial charge in [-0.15, -0.1) is 0 Å². The molecule has 2 rings (SSSR count). The van der Waals surface area contributed by atoms with Gasteiger partial charge in [-0.1, -0.05) is 18.2 Å². The summed E-state index contributed by atoms with van der Waals surface area (Å²) in [6.07, 6.45) is 0.336. The molecule has 1 aliphatic rings. The Morgan fingerprint density at radius 1 is 1.24 bits per heavy atom. The van der Waals surface area contributed by atoms with E-state index in [9.17, 15) is 18.0 Å². The van der Waals surface area contributed by atoms with Crippen LogP contribution in [0.5, 0.6) is 5.75 Å². The molecule has 0 saturated heterocycles. The van der Waals surface area contributed by atoms with Gasteiger partial charge in [0, 0.05) is 12.1 Å². The molecule has 1 aliphatic carbocycles. The van der Waals surface area contributed by atoms with E-state index in [-0.39, 0.29) is 11.7 Å². The van der Waals surface area contributed by atoms with E-state index in [0.29, 0.717) is 6.54 Å². The Labute approximate surface area is 120 Å². The summed E-state index contributed by atoms with van der Waals surface area (Å²) in [7, 11) is 0. The van der Waals surface area contributed by atoms with E-state index in [1.807, 2.05) is 6.08 Å². The Hall–Kier alpha value is -1.98. The minimum absolute atomic E-state index is 0.0788. The summed E-state index contributed by atoms with van der Waals surface area (Å²) in [6.45, 7) is -0.965. The summed E-state index contributed by atoms with van der Waals surface area (Å²) < 4.78 is 40.6. The molecule has 0 spiro atoms. The smallest absolute Gasteiger partial charge is 0.422 e. The highest BCUT2D eigenvalue weighted by atomic mass is 19.4. The van der Waals surface area contributed by atoms with Gasteiger partial charge in [-0.2, -0.15) is 13.2 Å². The van der Waals surface area contributed by atoms with Crippen molar-refractivity contribution in [3.05, 3.63) is 41.5 Å². The third kappa shape index (κ3) is 5.13. The molecule has 0 fully saturated rings. The van der Waals surface area contributed by atoms with Crippen molar-refractivity contribution < 1.29 is 22.7 Å². The van der Waals surface area contributed by atoms with Crippen LogP contribution in [0.3, 0.4) is 0 Å². The molecule has 21 heavy (non-hydrogen) atoms. The predicted molar refractivity (Wildman–Crippen MR) is 71.8 cm³/mol. The zero-order valence-electron chi connectivity index (χ0n) is 11.4. The quantitative estimate of drug-likeness (QED) is 0.905. The fourth-order valence-electron chi connectivity index (χ4n) is 2.04. The van der Waals surface area contributed by atoms with Gasteiger partial charge < -0.3 is 10.1 Å². The van der Waals surface area contributed by atoms with Crippen molar-refractivity contribution in [3.8, 4) is 5.75 Å². The Morgan fingerprint density at radius 3 is 2.52 bits per heavy atom. The maximum Gasteiger partial charge on any atom is 0.422 e. The van der Waals surface area contributed by atoms with Crippen molar-refractivity contribution in [1.29, 1.82) is 0 Å². The second-order valence-electron chi connectivity index (χ2n) is 4.85. The van der Waals surface area contributed by atoms with Gasteiger partial charge in [-0.05, 0) is 37.0 Å². The number of hydrogen-bond acceptors (Lipinski definition) is 2. The first kappa shape index (κ1) is 15.4. The molecule has 114 valence electrons. The molecular formula is C15H16F3NO2. The number of carbonyl (C=O) groups is 1. The lowest BCUT2D eigenvalue weighted by atomic mass is 10.2. The number of benzene rings is 1. The highest BCUT2D eigenvalue weighted by molar-refractivity contribution is 5.93. The van der Waals surface area contributed by atoms with Crippen LogP contribution >= 0.6 is 0 Å². The highest BCUT2D eigenvalue weighted by Crippen LogP contribution is 2.19. The molecule has 0 bridgehead atoms. The topological polar surface area (TPSA) is 38.3 Å². The van der Waals surface area contributed by atoms with Crippen LogP contribution in [-0.2, 0) is 11.3 Å². The minimum Gasteiger partial charge on any atom is -0.484 e. The van der Waals surface area contributed by atoms with E-state index in [0.717, 1.165) is 30.4 Å². The lowest BCUT2D eigenvalue weighted by Gasteiger charge is -2.10. The van der Waals surface area contributed by atoms with Crippen LogP contribution in [0.2, 0.25) is 0 Å². The van der Waals surface area contributed by atoms with Crippen molar-refractivity contribution in [2.24, 2.45) is 0 Å². The van der Waals surface area contributed by atoms with Gasteiger partial charge in [0.15, 0.2) is 6.61 Å². The third-order valence-corrected chi connectivity index (χ3v) is 3.11. The number of alkyl halides is 3. The van der Waals surface area contributed by atoms with Gasteiger partial charge in [0.05, 0.1) is 0 Å². The summed E-state index contributed by atoms with van der Waals surface area (Å²) in [5, 5.41) is 2.79. The number of amides is 1. The lowest BCUT2D eigenvalue weighted by molar-refractivity contribution is -0.153. The van der Waals surface area contributed by atoms with Crippen molar-refractivity contribution in [1.82, 2.24) is 5.32 Å². The van der Waals surface area contributed by atoms with E-state index in [4.69, 9.17) is 0 Å².